The van der Waals surface area contributed by atoms with E-state index in [4.69, 9.17) is 12.2 Å². The zero-order chi connectivity index (χ0) is 8.10. The van der Waals surface area contributed by atoms with Crippen LogP contribution in [0, 0.1) is 0 Å². The van der Waals surface area contributed by atoms with Gasteiger partial charge in [0, 0.05) is 0 Å². The summed E-state index contributed by atoms with van der Waals surface area (Å²) >= 11 is 4.88. The van der Waals surface area contributed by atoms with Crippen molar-refractivity contribution in [3.05, 3.63) is 11.6 Å². The Hall–Kier alpha value is -0.790. The lowest BCUT2D eigenvalue weighted by Gasteiger charge is -2.09. The molecule has 0 aromatic carbocycles. The van der Waals surface area contributed by atoms with Crippen LogP contribution < -0.4 is 0 Å². The molecule has 1 rings (SSSR count). The van der Waals surface area contributed by atoms with E-state index in [1.807, 2.05) is 0 Å². The molecule has 0 saturated heterocycles. The van der Waals surface area contributed by atoms with E-state index in [-0.39, 0.29) is 0 Å². The Bertz CT molecular complexity index is 238. The highest BCUT2D eigenvalue weighted by molar-refractivity contribution is 7.80. The highest BCUT2D eigenvalue weighted by atomic mass is 32.1. The van der Waals surface area contributed by atoms with Crippen molar-refractivity contribution in [2.24, 2.45) is 4.99 Å². The summed E-state index contributed by atoms with van der Waals surface area (Å²) in [5, 5.41) is 0. The fourth-order valence-corrected chi connectivity index (χ4v) is 1.37. The molecule has 11 heavy (non-hydrogen) atoms. The molecule has 0 atom stereocenters. The van der Waals surface area contributed by atoms with Crippen molar-refractivity contribution < 1.29 is 4.79 Å². The standard InChI is InChI=1S/C8H9NOS/c10-6-9-8(11)7-4-2-1-3-5-7/h4H,1-3,5H2. The molecule has 0 heterocycles. The minimum Gasteiger partial charge on any atom is -0.211 e. The SMILES string of the molecule is O=C=NC(=S)C1=CCCCC1. The summed E-state index contributed by atoms with van der Waals surface area (Å²) in [6, 6.07) is 0. The van der Waals surface area contributed by atoms with Crippen molar-refractivity contribution in [3.63, 3.8) is 0 Å². The van der Waals surface area contributed by atoms with Crippen LogP contribution in [0.25, 0.3) is 0 Å². The lowest BCUT2D eigenvalue weighted by Crippen LogP contribution is -1.99. The number of hydrogen-bond acceptors (Lipinski definition) is 2. The number of aliphatic imine (C=N–C) groups is 1. The topological polar surface area (TPSA) is 29.4 Å². The molecule has 3 heteroatoms. The third kappa shape index (κ3) is 2.37. The smallest absolute Gasteiger partial charge is 0.211 e. The van der Waals surface area contributed by atoms with Gasteiger partial charge in [0.1, 0.15) is 4.99 Å². The van der Waals surface area contributed by atoms with Crippen molar-refractivity contribution in [3.8, 4) is 0 Å². The molecule has 0 bridgehead atoms. The van der Waals surface area contributed by atoms with Gasteiger partial charge in [0.15, 0.2) is 0 Å². The number of allylic oxidation sites excluding steroid dienone is 1. The average Bonchev–Trinajstić information content (AvgIpc) is 2.07. The van der Waals surface area contributed by atoms with Gasteiger partial charge < -0.3 is 0 Å². The van der Waals surface area contributed by atoms with Gasteiger partial charge in [-0.2, -0.15) is 4.99 Å². The molecule has 0 radical (unpaired) electrons. The van der Waals surface area contributed by atoms with Crippen molar-refractivity contribution in [2.75, 3.05) is 0 Å². The first-order valence-corrected chi connectivity index (χ1v) is 4.06. The largest absolute Gasteiger partial charge is 0.241 e. The van der Waals surface area contributed by atoms with Gasteiger partial charge in [0.2, 0.25) is 6.08 Å². The van der Waals surface area contributed by atoms with E-state index in [1.165, 1.54) is 12.5 Å². The Morgan fingerprint density at radius 2 is 2.45 bits per heavy atom. The highest BCUT2D eigenvalue weighted by Gasteiger charge is 2.06. The van der Waals surface area contributed by atoms with E-state index in [0.29, 0.717) is 4.99 Å². The van der Waals surface area contributed by atoms with Gasteiger partial charge in [-0.3, -0.25) is 0 Å². The van der Waals surface area contributed by atoms with Crippen LogP contribution in [0.5, 0.6) is 0 Å². The summed E-state index contributed by atoms with van der Waals surface area (Å²) in [5.74, 6) is 0. The second-order valence-corrected chi connectivity index (χ2v) is 2.87. The van der Waals surface area contributed by atoms with E-state index >= 15 is 0 Å². The van der Waals surface area contributed by atoms with Gasteiger partial charge in [-0.1, -0.05) is 18.3 Å². The molecule has 2 nitrogen and oxygen atoms in total. The molecular weight excluding hydrogens is 158 g/mol. The lowest BCUT2D eigenvalue weighted by atomic mass is 10.00. The number of nitrogens with zero attached hydrogens (tertiary/aromatic N) is 1. The molecule has 1 aliphatic carbocycles. The first-order chi connectivity index (χ1) is 5.34. The molecule has 0 aromatic heterocycles. The molecule has 0 spiro atoms. The molecule has 0 saturated carbocycles. The summed E-state index contributed by atoms with van der Waals surface area (Å²) in [5.41, 5.74) is 1.04. The van der Waals surface area contributed by atoms with Crippen LogP contribution in [0.1, 0.15) is 25.7 Å². The Labute approximate surface area is 71.0 Å². The van der Waals surface area contributed by atoms with Crippen molar-refractivity contribution in [1.29, 1.82) is 0 Å². The van der Waals surface area contributed by atoms with Crippen LogP contribution in [0.2, 0.25) is 0 Å². The van der Waals surface area contributed by atoms with Crippen LogP contribution >= 0.6 is 12.2 Å². The number of rotatable bonds is 1. The molecule has 0 aliphatic heterocycles. The van der Waals surface area contributed by atoms with E-state index in [0.717, 1.165) is 24.8 Å². The van der Waals surface area contributed by atoms with Crippen LogP contribution in [-0.2, 0) is 4.79 Å². The van der Waals surface area contributed by atoms with Gasteiger partial charge in [-0.05, 0) is 31.3 Å². The van der Waals surface area contributed by atoms with E-state index in [9.17, 15) is 4.79 Å². The molecule has 0 aromatic rings. The van der Waals surface area contributed by atoms with Crippen molar-refractivity contribution in [1.82, 2.24) is 0 Å². The molecule has 0 unspecified atom stereocenters. The second kappa shape index (κ2) is 4.16. The summed E-state index contributed by atoms with van der Waals surface area (Å²) in [6.07, 6.45) is 7.91. The van der Waals surface area contributed by atoms with Crippen LogP contribution in [0.4, 0.5) is 0 Å². The maximum absolute atomic E-state index is 9.85. The third-order valence-electron chi connectivity index (χ3n) is 1.71. The van der Waals surface area contributed by atoms with Gasteiger partial charge in [-0.25, -0.2) is 4.79 Å². The predicted octanol–water partition coefficient (Wildman–Crippen LogP) is 2.15. The van der Waals surface area contributed by atoms with Gasteiger partial charge in [-0.15, -0.1) is 0 Å². The maximum atomic E-state index is 9.85. The maximum Gasteiger partial charge on any atom is 0.241 e. The van der Waals surface area contributed by atoms with Gasteiger partial charge >= 0.3 is 0 Å². The zero-order valence-electron chi connectivity index (χ0n) is 6.17. The summed E-state index contributed by atoms with van der Waals surface area (Å²) < 4.78 is 0. The quantitative estimate of drug-likeness (QED) is 0.340. The Morgan fingerprint density at radius 3 is 3.00 bits per heavy atom. The molecule has 0 amide bonds. The first kappa shape index (κ1) is 8.31. The Kier molecular flexibility index (Phi) is 3.14. The van der Waals surface area contributed by atoms with Gasteiger partial charge in [0.25, 0.3) is 0 Å². The fraction of sp³-hybridized carbons (Fsp3) is 0.500. The lowest BCUT2D eigenvalue weighted by molar-refractivity contribution is 0.566. The van der Waals surface area contributed by atoms with Crippen LogP contribution in [0.15, 0.2) is 16.6 Å². The molecule has 1 aliphatic rings. The molecular formula is C8H9NOS. The number of hydrogen-bond donors (Lipinski definition) is 0. The summed E-state index contributed by atoms with van der Waals surface area (Å²) in [7, 11) is 0. The Balaban J connectivity index is 2.65. The number of isocyanates is 1. The summed E-state index contributed by atoms with van der Waals surface area (Å²) in [4.78, 5) is 13.7. The first-order valence-electron chi connectivity index (χ1n) is 3.66. The van der Waals surface area contributed by atoms with Crippen LogP contribution in [0.3, 0.4) is 0 Å². The van der Waals surface area contributed by atoms with Gasteiger partial charge in [0.05, 0.1) is 0 Å². The normalized spacial score (nSPS) is 16.5. The number of carbonyl (C=O) groups excluding carboxylic acids is 1. The Morgan fingerprint density at radius 1 is 1.64 bits per heavy atom. The third-order valence-corrected chi connectivity index (χ3v) is 2.07. The van der Waals surface area contributed by atoms with Crippen molar-refractivity contribution in [2.45, 2.75) is 25.7 Å². The second-order valence-electron chi connectivity index (χ2n) is 2.48. The van der Waals surface area contributed by atoms with Crippen LogP contribution in [-0.4, -0.2) is 11.1 Å². The van der Waals surface area contributed by atoms with E-state index in [1.54, 1.807) is 0 Å². The molecule has 58 valence electrons. The minimum absolute atomic E-state index is 0.416. The predicted molar refractivity (Wildman–Crippen MR) is 47.3 cm³/mol. The zero-order valence-corrected chi connectivity index (χ0v) is 6.99. The molecule has 0 fully saturated rings. The average molecular weight is 167 g/mol. The highest BCUT2D eigenvalue weighted by Crippen LogP contribution is 2.18. The van der Waals surface area contributed by atoms with E-state index < -0.39 is 0 Å². The van der Waals surface area contributed by atoms with Crippen molar-refractivity contribution >= 4 is 23.3 Å². The minimum atomic E-state index is 0.416. The van der Waals surface area contributed by atoms with E-state index in [2.05, 4.69) is 11.1 Å². The fourth-order valence-electron chi connectivity index (χ4n) is 1.15. The molecule has 0 N–H and O–H groups in total. The summed E-state index contributed by atoms with van der Waals surface area (Å²) in [6.45, 7) is 0. The monoisotopic (exact) mass is 167 g/mol. The number of thiocarbonyl (C=S) groups is 1.